The molecule has 2 aromatic heterocycles. The predicted molar refractivity (Wildman–Crippen MR) is 112 cm³/mol. The minimum atomic E-state index is -3.94. The molecule has 6 nitrogen and oxygen atoms in total. The van der Waals surface area contributed by atoms with Gasteiger partial charge in [0.1, 0.15) is 11.6 Å². The van der Waals surface area contributed by atoms with Crippen molar-refractivity contribution in [2.75, 3.05) is 7.11 Å². The van der Waals surface area contributed by atoms with Crippen LogP contribution in [0.4, 0.5) is 8.78 Å². The zero-order valence-electron chi connectivity index (χ0n) is 16.0. The Hall–Kier alpha value is -3.17. The number of sulfone groups is 1. The van der Waals surface area contributed by atoms with Crippen molar-refractivity contribution in [3.8, 4) is 17.0 Å². The van der Waals surface area contributed by atoms with Crippen LogP contribution in [-0.4, -0.2) is 30.5 Å². The number of rotatable bonds is 5. The Morgan fingerprint density at radius 3 is 2.58 bits per heavy atom. The Bertz CT molecular complexity index is 1410. The molecule has 0 aliphatic rings. The third kappa shape index (κ3) is 4.19. The number of fused-ring (bicyclic) bond motifs is 1. The summed E-state index contributed by atoms with van der Waals surface area (Å²) in [6, 6.07) is 11.9. The van der Waals surface area contributed by atoms with Gasteiger partial charge >= 0.3 is 6.08 Å². The molecule has 2 aromatic carbocycles. The van der Waals surface area contributed by atoms with Crippen LogP contribution in [0.2, 0.25) is 5.02 Å². The Morgan fingerprint density at radius 2 is 1.84 bits per heavy atom. The van der Waals surface area contributed by atoms with Crippen molar-refractivity contribution in [2.45, 2.75) is 10.6 Å². The van der Waals surface area contributed by atoms with Crippen molar-refractivity contribution in [2.24, 2.45) is 0 Å². The number of hydrogen-bond donors (Lipinski definition) is 0. The maximum atomic E-state index is 14.9. The summed E-state index contributed by atoms with van der Waals surface area (Å²) in [4.78, 5) is 11.2. The van der Waals surface area contributed by atoms with Crippen LogP contribution >= 0.6 is 11.6 Å². The number of aromatic nitrogens is 3. The first-order valence-corrected chi connectivity index (χ1v) is 10.9. The van der Waals surface area contributed by atoms with E-state index >= 15 is 0 Å². The molecule has 0 radical (unpaired) electrons. The normalized spacial score (nSPS) is 11.6. The van der Waals surface area contributed by atoms with Crippen LogP contribution in [0.3, 0.4) is 0 Å². The zero-order chi connectivity index (χ0) is 22.2. The molecule has 0 atom stereocenters. The summed E-state index contributed by atoms with van der Waals surface area (Å²) >= 11 is 5.98. The third-order valence-electron chi connectivity index (χ3n) is 4.57. The van der Waals surface area contributed by atoms with Gasteiger partial charge in [0.05, 0.1) is 28.2 Å². The molecule has 2 heterocycles. The van der Waals surface area contributed by atoms with E-state index in [9.17, 15) is 17.2 Å². The van der Waals surface area contributed by atoms with Gasteiger partial charge in [-0.25, -0.2) is 27.8 Å². The Morgan fingerprint density at radius 1 is 1.06 bits per heavy atom. The fourth-order valence-corrected chi connectivity index (χ4v) is 4.96. The lowest BCUT2D eigenvalue weighted by Crippen LogP contribution is -2.10. The van der Waals surface area contributed by atoms with E-state index < -0.39 is 27.5 Å². The first-order valence-electron chi connectivity index (χ1n) is 8.92. The van der Waals surface area contributed by atoms with Gasteiger partial charge < -0.3 is 4.74 Å². The number of methoxy groups -OCH3 is 1. The van der Waals surface area contributed by atoms with Crippen LogP contribution in [0.1, 0.15) is 5.69 Å². The maximum absolute atomic E-state index is 14.9. The predicted octanol–water partition coefficient (Wildman–Crippen LogP) is 4.61. The van der Waals surface area contributed by atoms with Crippen LogP contribution in [0, 0.1) is 11.9 Å². The van der Waals surface area contributed by atoms with Crippen LogP contribution in [0.5, 0.6) is 5.88 Å². The van der Waals surface area contributed by atoms with Gasteiger partial charge in [-0.1, -0.05) is 29.8 Å². The van der Waals surface area contributed by atoms with Gasteiger partial charge in [0, 0.05) is 17.1 Å². The number of ether oxygens (including phenoxy) is 1. The summed E-state index contributed by atoms with van der Waals surface area (Å²) in [5, 5.41) is 0.577. The van der Waals surface area contributed by atoms with E-state index in [4.69, 9.17) is 16.3 Å². The average molecular weight is 462 g/mol. The number of pyridine rings is 1. The van der Waals surface area contributed by atoms with E-state index in [0.717, 1.165) is 6.07 Å². The van der Waals surface area contributed by atoms with Gasteiger partial charge in [-0.15, -0.1) is 0 Å². The van der Waals surface area contributed by atoms with Gasteiger partial charge in [0.2, 0.25) is 5.88 Å². The van der Waals surface area contributed by atoms with Crippen molar-refractivity contribution >= 4 is 32.3 Å². The summed E-state index contributed by atoms with van der Waals surface area (Å²) in [5.74, 6) is -1.47. The molecule has 31 heavy (non-hydrogen) atoms. The Balaban J connectivity index is 1.76. The van der Waals surface area contributed by atoms with E-state index in [0.29, 0.717) is 22.0 Å². The molecule has 4 aromatic rings. The molecule has 0 N–H and O–H groups in total. The second-order valence-corrected chi connectivity index (χ2v) is 8.94. The summed E-state index contributed by atoms with van der Waals surface area (Å²) in [6.45, 7) is 0. The van der Waals surface area contributed by atoms with Crippen LogP contribution in [0.15, 0.2) is 59.6 Å². The third-order valence-corrected chi connectivity index (χ3v) is 6.69. The van der Waals surface area contributed by atoms with E-state index in [-0.39, 0.29) is 21.5 Å². The Labute approximate surface area is 181 Å². The molecule has 0 aliphatic carbocycles. The molecule has 0 saturated carbocycles. The summed E-state index contributed by atoms with van der Waals surface area (Å²) in [7, 11) is -2.60. The molecular formula is C21H14ClF2N3O3S. The summed E-state index contributed by atoms with van der Waals surface area (Å²) in [5.41, 5.74) is 0.898. The first-order chi connectivity index (χ1) is 14.8. The topological polar surface area (TPSA) is 82.0 Å². The quantitative estimate of drug-likeness (QED) is 0.404. The van der Waals surface area contributed by atoms with Crippen LogP contribution in [0.25, 0.3) is 22.0 Å². The molecule has 0 aliphatic heterocycles. The highest BCUT2D eigenvalue weighted by molar-refractivity contribution is 7.90. The lowest BCUT2D eigenvalue weighted by atomic mass is 10.0. The fourth-order valence-electron chi connectivity index (χ4n) is 3.10. The maximum Gasteiger partial charge on any atom is 0.309 e. The molecule has 0 bridgehead atoms. The van der Waals surface area contributed by atoms with Gasteiger partial charge in [0.25, 0.3) is 0 Å². The molecular weight excluding hydrogens is 448 g/mol. The zero-order valence-corrected chi connectivity index (χ0v) is 17.6. The van der Waals surface area contributed by atoms with Crippen molar-refractivity contribution in [1.29, 1.82) is 0 Å². The van der Waals surface area contributed by atoms with E-state index in [1.165, 1.54) is 31.5 Å². The standard InChI is InChI=1S/C21H14ClF2N3O3S/c1-30-20-14(12-6-7-17-13(8-12)10-25-21(24)27-17)9-16(23)18(26-20)11-31(28,29)19-5-3-2-4-15(19)22/h2-10H,11H2,1H3. The second-order valence-electron chi connectivity index (χ2n) is 6.58. The van der Waals surface area contributed by atoms with Crippen molar-refractivity contribution < 1.29 is 21.9 Å². The molecule has 158 valence electrons. The molecule has 0 unspecified atom stereocenters. The Kier molecular flexibility index (Phi) is 5.55. The molecule has 0 saturated heterocycles. The number of nitrogens with zero attached hydrogens (tertiary/aromatic N) is 3. The molecule has 0 amide bonds. The summed E-state index contributed by atoms with van der Waals surface area (Å²) < 4.78 is 58.8. The van der Waals surface area contributed by atoms with Gasteiger partial charge in [0.15, 0.2) is 9.84 Å². The number of benzene rings is 2. The van der Waals surface area contributed by atoms with Crippen molar-refractivity contribution in [1.82, 2.24) is 15.0 Å². The molecule has 0 fully saturated rings. The van der Waals surface area contributed by atoms with E-state index in [1.54, 1.807) is 24.3 Å². The van der Waals surface area contributed by atoms with Crippen LogP contribution in [-0.2, 0) is 15.6 Å². The lowest BCUT2D eigenvalue weighted by molar-refractivity contribution is 0.396. The molecule has 10 heteroatoms. The lowest BCUT2D eigenvalue weighted by Gasteiger charge is -2.12. The monoisotopic (exact) mass is 461 g/mol. The minimum Gasteiger partial charge on any atom is -0.481 e. The second kappa shape index (κ2) is 8.16. The number of hydrogen-bond acceptors (Lipinski definition) is 6. The summed E-state index contributed by atoms with van der Waals surface area (Å²) in [6.07, 6.45) is 0.455. The van der Waals surface area contributed by atoms with Gasteiger partial charge in [-0.3, -0.25) is 0 Å². The average Bonchev–Trinajstić information content (AvgIpc) is 2.74. The molecule has 0 spiro atoms. The highest BCUT2D eigenvalue weighted by atomic mass is 35.5. The van der Waals surface area contributed by atoms with Crippen molar-refractivity contribution in [3.63, 3.8) is 0 Å². The number of halogens is 3. The fraction of sp³-hybridized carbons (Fsp3) is 0.0952. The highest BCUT2D eigenvalue weighted by Gasteiger charge is 2.23. The SMILES string of the molecule is COc1nc(CS(=O)(=O)c2ccccc2Cl)c(F)cc1-c1ccc2nc(F)ncc2c1. The first kappa shape index (κ1) is 21.1. The molecule has 4 rings (SSSR count). The smallest absolute Gasteiger partial charge is 0.309 e. The highest BCUT2D eigenvalue weighted by Crippen LogP contribution is 2.33. The van der Waals surface area contributed by atoms with Crippen LogP contribution < -0.4 is 4.74 Å². The van der Waals surface area contributed by atoms with E-state index in [2.05, 4.69) is 15.0 Å². The minimum absolute atomic E-state index is 0.0353. The van der Waals surface area contributed by atoms with E-state index in [1.807, 2.05) is 0 Å². The largest absolute Gasteiger partial charge is 0.481 e. The van der Waals surface area contributed by atoms with Gasteiger partial charge in [-0.2, -0.15) is 4.39 Å². The van der Waals surface area contributed by atoms with Gasteiger partial charge in [-0.05, 0) is 35.9 Å². The van der Waals surface area contributed by atoms with Crippen molar-refractivity contribution in [3.05, 3.63) is 77.3 Å².